The van der Waals surface area contributed by atoms with Crippen molar-refractivity contribution in [1.29, 1.82) is 0 Å². The highest BCUT2D eigenvalue weighted by molar-refractivity contribution is 14.1. The maximum absolute atomic E-state index is 13.4. The highest BCUT2D eigenvalue weighted by atomic mass is 127. The summed E-state index contributed by atoms with van der Waals surface area (Å²) in [6.07, 6.45) is 2.61. The van der Waals surface area contributed by atoms with E-state index in [1.165, 1.54) is 31.6 Å². The number of hydrogen-bond acceptors (Lipinski definition) is 4. The highest BCUT2D eigenvalue weighted by Gasteiger charge is 2.12. The van der Waals surface area contributed by atoms with Crippen LogP contribution in [0.25, 0.3) is 0 Å². The number of nitrogens with zero attached hydrogens (tertiary/aromatic N) is 2. The van der Waals surface area contributed by atoms with Gasteiger partial charge in [-0.1, -0.05) is 11.6 Å². The number of hydrogen-bond donors (Lipinski definition) is 1. The van der Waals surface area contributed by atoms with Crippen LogP contribution in [0.5, 0.6) is 5.88 Å². The van der Waals surface area contributed by atoms with Crippen molar-refractivity contribution in [3.05, 3.63) is 44.6 Å². The molecule has 0 atom stereocenters. The smallest absolute Gasteiger partial charge is 0.275 e. The number of aromatic nitrogens is 2. The molecule has 104 valence electrons. The number of carbonyl (C=O) groups is 1. The molecule has 0 radical (unpaired) electrons. The Morgan fingerprint density at radius 1 is 1.40 bits per heavy atom. The molecule has 8 heteroatoms. The molecule has 1 heterocycles. The minimum absolute atomic E-state index is 0.0620. The van der Waals surface area contributed by atoms with Gasteiger partial charge in [-0.15, -0.1) is 0 Å². The minimum Gasteiger partial charge on any atom is -0.480 e. The zero-order valence-corrected chi connectivity index (χ0v) is 13.1. The molecule has 1 N–H and O–H groups in total. The molecule has 1 amide bonds. The third-order valence-electron chi connectivity index (χ3n) is 2.31. The van der Waals surface area contributed by atoms with Gasteiger partial charge in [-0.05, 0) is 34.7 Å². The standard InChI is InChI=1S/C12H8ClFIN3O2/c1-20-10-5-16-9(4-17-10)12(19)18-6-2-7(13)11(14)8(15)3-6/h2-5H,1H3,(H,18,19). The summed E-state index contributed by atoms with van der Waals surface area (Å²) >= 11 is 7.50. The van der Waals surface area contributed by atoms with Gasteiger partial charge in [0.15, 0.2) is 5.82 Å². The van der Waals surface area contributed by atoms with Crippen molar-refractivity contribution in [2.45, 2.75) is 0 Å². The highest BCUT2D eigenvalue weighted by Crippen LogP contribution is 2.25. The van der Waals surface area contributed by atoms with Crippen molar-refractivity contribution in [1.82, 2.24) is 9.97 Å². The SMILES string of the molecule is COc1cnc(C(=O)Nc2cc(Cl)c(F)c(I)c2)cn1. The van der Waals surface area contributed by atoms with Crippen LogP contribution in [0.2, 0.25) is 5.02 Å². The molecule has 1 aromatic carbocycles. The Balaban J connectivity index is 2.18. The van der Waals surface area contributed by atoms with Gasteiger partial charge in [0.2, 0.25) is 5.88 Å². The molecule has 0 spiro atoms. The van der Waals surface area contributed by atoms with Crippen molar-refractivity contribution < 1.29 is 13.9 Å². The van der Waals surface area contributed by atoms with Gasteiger partial charge >= 0.3 is 0 Å². The van der Waals surface area contributed by atoms with E-state index < -0.39 is 11.7 Å². The fourth-order valence-corrected chi connectivity index (χ4v) is 2.37. The quantitative estimate of drug-likeness (QED) is 0.627. The number of carbonyl (C=O) groups excluding carboxylic acids is 1. The summed E-state index contributed by atoms with van der Waals surface area (Å²) in [7, 11) is 1.45. The van der Waals surface area contributed by atoms with Crippen molar-refractivity contribution in [3.63, 3.8) is 0 Å². The second-order valence-electron chi connectivity index (χ2n) is 3.65. The Kier molecular flexibility index (Phi) is 4.71. The van der Waals surface area contributed by atoms with E-state index >= 15 is 0 Å². The van der Waals surface area contributed by atoms with Crippen LogP contribution >= 0.6 is 34.2 Å². The molecule has 0 bridgehead atoms. The molecule has 0 aliphatic heterocycles. The van der Waals surface area contributed by atoms with Crippen LogP contribution in [0.15, 0.2) is 24.5 Å². The molecule has 0 unspecified atom stereocenters. The van der Waals surface area contributed by atoms with Crippen LogP contribution < -0.4 is 10.1 Å². The summed E-state index contributed by atoms with van der Waals surface area (Å²) in [5.74, 6) is -0.686. The normalized spacial score (nSPS) is 10.2. The van der Waals surface area contributed by atoms with E-state index in [2.05, 4.69) is 15.3 Å². The molecular formula is C12H8ClFIN3O2. The molecule has 20 heavy (non-hydrogen) atoms. The van der Waals surface area contributed by atoms with E-state index in [-0.39, 0.29) is 10.7 Å². The predicted octanol–water partition coefficient (Wildman–Crippen LogP) is 3.13. The lowest BCUT2D eigenvalue weighted by Crippen LogP contribution is -2.14. The number of methoxy groups -OCH3 is 1. The van der Waals surface area contributed by atoms with Gasteiger partial charge in [-0.3, -0.25) is 4.79 Å². The van der Waals surface area contributed by atoms with Gasteiger partial charge in [0.25, 0.3) is 5.91 Å². The fraction of sp³-hybridized carbons (Fsp3) is 0.0833. The lowest BCUT2D eigenvalue weighted by molar-refractivity contribution is 0.102. The zero-order chi connectivity index (χ0) is 14.7. The number of nitrogens with one attached hydrogen (secondary N) is 1. The molecule has 0 saturated heterocycles. The maximum atomic E-state index is 13.4. The molecular weight excluding hydrogens is 400 g/mol. The third-order valence-corrected chi connectivity index (χ3v) is 3.37. The molecule has 0 aliphatic carbocycles. The van der Waals surface area contributed by atoms with Crippen molar-refractivity contribution in [2.75, 3.05) is 12.4 Å². The van der Waals surface area contributed by atoms with E-state index in [4.69, 9.17) is 16.3 Å². The average Bonchev–Trinajstić information content (AvgIpc) is 2.44. The van der Waals surface area contributed by atoms with Gasteiger partial charge in [0.1, 0.15) is 5.69 Å². The first-order valence-corrected chi connectivity index (χ1v) is 6.79. The monoisotopic (exact) mass is 407 g/mol. The summed E-state index contributed by atoms with van der Waals surface area (Å²) in [4.78, 5) is 19.7. The predicted molar refractivity (Wildman–Crippen MR) is 80.7 cm³/mol. The number of rotatable bonds is 3. The van der Waals surface area contributed by atoms with E-state index in [1.807, 2.05) is 0 Å². The van der Waals surface area contributed by atoms with Crippen LogP contribution in [-0.4, -0.2) is 23.0 Å². The molecule has 2 rings (SSSR count). The molecule has 0 fully saturated rings. The Hall–Kier alpha value is -1.48. The van der Waals surface area contributed by atoms with Crippen molar-refractivity contribution in [2.24, 2.45) is 0 Å². The minimum atomic E-state index is -0.519. The zero-order valence-electron chi connectivity index (χ0n) is 10.2. The Morgan fingerprint density at radius 2 is 2.15 bits per heavy atom. The van der Waals surface area contributed by atoms with Crippen LogP contribution in [0, 0.1) is 9.39 Å². The second-order valence-corrected chi connectivity index (χ2v) is 5.22. The lowest BCUT2D eigenvalue weighted by atomic mass is 10.3. The van der Waals surface area contributed by atoms with Gasteiger partial charge < -0.3 is 10.1 Å². The number of benzene rings is 1. The first kappa shape index (κ1) is 14.9. The molecule has 2 aromatic rings. The first-order valence-electron chi connectivity index (χ1n) is 5.33. The van der Waals surface area contributed by atoms with Crippen LogP contribution in [-0.2, 0) is 0 Å². The van der Waals surface area contributed by atoms with Gasteiger partial charge in [0.05, 0.1) is 28.1 Å². The van der Waals surface area contributed by atoms with Crippen LogP contribution in [0.3, 0.4) is 0 Å². The van der Waals surface area contributed by atoms with Crippen LogP contribution in [0.1, 0.15) is 10.5 Å². The van der Waals surface area contributed by atoms with E-state index in [1.54, 1.807) is 22.6 Å². The Labute approximate surface area is 132 Å². The van der Waals surface area contributed by atoms with Crippen molar-refractivity contribution >= 4 is 45.8 Å². The Morgan fingerprint density at radius 3 is 2.70 bits per heavy atom. The van der Waals surface area contributed by atoms with E-state index in [9.17, 15) is 9.18 Å². The van der Waals surface area contributed by atoms with E-state index in [0.29, 0.717) is 15.1 Å². The number of amides is 1. The fourth-order valence-electron chi connectivity index (χ4n) is 1.36. The first-order chi connectivity index (χ1) is 9.51. The van der Waals surface area contributed by atoms with Crippen molar-refractivity contribution in [3.8, 4) is 5.88 Å². The lowest BCUT2D eigenvalue weighted by Gasteiger charge is -2.07. The summed E-state index contributed by atoms with van der Waals surface area (Å²) in [5, 5.41) is 2.50. The number of ether oxygens (including phenoxy) is 1. The van der Waals surface area contributed by atoms with Gasteiger partial charge in [0, 0.05) is 5.69 Å². The maximum Gasteiger partial charge on any atom is 0.275 e. The summed E-state index contributed by atoms with van der Waals surface area (Å²) in [6.45, 7) is 0. The van der Waals surface area contributed by atoms with Gasteiger partial charge in [-0.2, -0.15) is 0 Å². The average molecular weight is 408 g/mol. The second kappa shape index (κ2) is 6.31. The van der Waals surface area contributed by atoms with Gasteiger partial charge in [-0.25, -0.2) is 14.4 Å². The van der Waals surface area contributed by atoms with E-state index in [0.717, 1.165) is 0 Å². The largest absolute Gasteiger partial charge is 0.480 e. The topological polar surface area (TPSA) is 64.1 Å². The number of anilines is 1. The third kappa shape index (κ3) is 3.34. The summed E-state index contributed by atoms with van der Waals surface area (Å²) in [6, 6.07) is 2.80. The molecule has 5 nitrogen and oxygen atoms in total. The molecule has 1 aromatic heterocycles. The Bertz CT molecular complexity index is 629. The summed E-state index contributed by atoms with van der Waals surface area (Å²) in [5.41, 5.74) is 0.490. The molecule has 0 aliphatic rings. The molecule has 0 saturated carbocycles. The summed E-state index contributed by atoms with van der Waals surface area (Å²) < 4.78 is 18.5. The number of halogens is 3. The van der Waals surface area contributed by atoms with Crippen LogP contribution in [0.4, 0.5) is 10.1 Å².